The van der Waals surface area contributed by atoms with Gasteiger partial charge in [-0.1, -0.05) is 11.6 Å². The Morgan fingerprint density at radius 2 is 1.95 bits per heavy atom. The van der Waals surface area contributed by atoms with Crippen molar-refractivity contribution in [1.29, 1.82) is 5.26 Å². The molecule has 0 saturated carbocycles. The first-order valence-corrected chi connectivity index (χ1v) is 6.66. The van der Waals surface area contributed by atoms with Crippen LogP contribution in [0.5, 0.6) is 0 Å². The van der Waals surface area contributed by atoms with E-state index in [-0.39, 0.29) is 0 Å². The van der Waals surface area contributed by atoms with E-state index in [1.54, 1.807) is 18.2 Å². The quantitative estimate of drug-likeness (QED) is 0.698. The van der Waals surface area contributed by atoms with Crippen molar-refractivity contribution in [2.75, 3.05) is 11.1 Å². The van der Waals surface area contributed by atoms with Gasteiger partial charge in [0.2, 0.25) is 0 Å². The summed E-state index contributed by atoms with van der Waals surface area (Å²) in [7, 11) is 0. The van der Waals surface area contributed by atoms with Gasteiger partial charge in [0.1, 0.15) is 5.82 Å². The second-order valence-corrected chi connectivity index (χ2v) is 4.99. The summed E-state index contributed by atoms with van der Waals surface area (Å²) in [4.78, 5) is 4.50. The van der Waals surface area contributed by atoms with Crippen molar-refractivity contribution in [3.63, 3.8) is 0 Å². The van der Waals surface area contributed by atoms with Crippen molar-refractivity contribution in [2.45, 2.75) is 0 Å². The molecule has 1 heterocycles. The number of rotatable bonds is 2. The molecule has 0 aliphatic carbocycles. The zero-order chi connectivity index (χ0) is 14.8. The number of hydrogen-bond donors (Lipinski definition) is 2. The summed E-state index contributed by atoms with van der Waals surface area (Å²) in [5.41, 5.74) is 8.47. The van der Waals surface area contributed by atoms with E-state index in [1.807, 2.05) is 30.3 Å². The van der Waals surface area contributed by atoms with E-state index in [1.165, 1.54) is 0 Å². The van der Waals surface area contributed by atoms with E-state index in [2.05, 4.69) is 16.4 Å². The Morgan fingerprint density at radius 3 is 2.76 bits per heavy atom. The van der Waals surface area contributed by atoms with E-state index >= 15 is 0 Å². The zero-order valence-corrected chi connectivity index (χ0v) is 11.7. The summed E-state index contributed by atoms with van der Waals surface area (Å²) in [5, 5.41) is 13.6. The molecule has 0 radical (unpaired) electrons. The molecule has 0 spiro atoms. The Hall–Kier alpha value is -2.77. The van der Waals surface area contributed by atoms with Crippen LogP contribution in [0.2, 0.25) is 5.02 Å². The summed E-state index contributed by atoms with van der Waals surface area (Å²) in [6, 6.07) is 16.5. The third kappa shape index (κ3) is 2.73. The molecule has 3 aromatic rings. The molecule has 4 nitrogen and oxygen atoms in total. The lowest BCUT2D eigenvalue weighted by Crippen LogP contribution is -1.95. The maximum absolute atomic E-state index is 8.94. The number of nitrogen functional groups attached to an aromatic ring is 1. The van der Waals surface area contributed by atoms with Gasteiger partial charge in [-0.05, 0) is 48.5 Å². The molecule has 3 rings (SSSR count). The van der Waals surface area contributed by atoms with Crippen molar-refractivity contribution in [1.82, 2.24) is 4.98 Å². The number of nitriles is 1. The van der Waals surface area contributed by atoms with Crippen molar-refractivity contribution in [3.8, 4) is 6.07 Å². The van der Waals surface area contributed by atoms with Crippen LogP contribution in [-0.2, 0) is 0 Å². The molecule has 5 heteroatoms. The lowest BCUT2D eigenvalue weighted by atomic mass is 10.2. The maximum atomic E-state index is 8.94. The summed E-state index contributed by atoms with van der Waals surface area (Å²) in [6.07, 6.45) is 0. The number of fused-ring (bicyclic) bond motifs is 1. The molecule has 2 aromatic carbocycles. The monoisotopic (exact) mass is 294 g/mol. The van der Waals surface area contributed by atoms with Crippen LogP contribution in [0.25, 0.3) is 10.9 Å². The Balaban J connectivity index is 1.98. The Kier molecular flexibility index (Phi) is 3.35. The van der Waals surface area contributed by atoms with Crippen LogP contribution >= 0.6 is 11.6 Å². The Labute approximate surface area is 126 Å². The van der Waals surface area contributed by atoms with Gasteiger partial charge in [0.05, 0.1) is 27.9 Å². The van der Waals surface area contributed by atoms with Gasteiger partial charge in [0.15, 0.2) is 0 Å². The number of halogens is 1. The van der Waals surface area contributed by atoms with Crippen molar-refractivity contribution < 1.29 is 0 Å². The molecule has 1 aromatic heterocycles. The largest absolute Gasteiger partial charge is 0.399 e. The Bertz CT molecular complexity index is 868. The van der Waals surface area contributed by atoms with Crippen molar-refractivity contribution in [3.05, 3.63) is 59.1 Å². The van der Waals surface area contributed by atoms with Gasteiger partial charge in [0.25, 0.3) is 0 Å². The lowest BCUT2D eigenvalue weighted by molar-refractivity contribution is 1.37. The number of hydrogen-bond acceptors (Lipinski definition) is 4. The van der Waals surface area contributed by atoms with Gasteiger partial charge in [-0.3, -0.25) is 0 Å². The molecule has 0 amide bonds. The van der Waals surface area contributed by atoms with Crippen LogP contribution in [0, 0.1) is 11.3 Å². The van der Waals surface area contributed by atoms with Crippen molar-refractivity contribution in [2.24, 2.45) is 0 Å². The zero-order valence-electron chi connectivity index (χ0n) is 11.0. The van der Waals surface area contributed by atoms with Crippen molar-refractivity contribution >= 4 is 39.7 Å². The first kappa shape index (κ1) is 13.2. The summed E-state index contributed by atoms with van der Waals surface area (Å²) >= 11 is 6.13. The predicted octanol–water partition coefficient (Wildman–Crippen LogP) is 4.09. The fraction of sp³-hybridized carbons (Fsp3) is 0. The molecular formula is C16H11ClN4. The minimum absolute atomic E-state index is 0.535. The fourth-order valence-electron chi connectivity index (χ4n) is 2.04. The summed E-state index contributed by atoms with van der Waals surface area (Å²) in [5.74, 6) is 0.657. The SMILES string of the molecule is N#Cc1ccc(Cl)c(Nc2ccc3cc(N)ccc3n2)c1. The molecule has 0 aliphatic heterocycles. The van der Waals surface area contributed by atoms with Crippen LogP contribution < -0.4 is 11.1 Å². The minimum atomic E-state index is 0.535. The first-order chi connectivity index (χ1) is 10.2. The average Bonchev–Trinajstić information content (AvgIpc) is 2.49. The van der Waals surface area contributed by atoms with E-state index in [9.17, 15) is 0 Å². The fourth-order valence-corrected chi connectivity index (χ4v) is 2.21. The highest BCUT2D eigenvalue weighted by molar-refractivity contribution is 6.33. The highest BCUT2D eigenvalue weighted by Crippen LogP contribution is 2.27. The van der Waals surface area contributed by atoms with E-state index in [0.29, 0.717) is 27.8 Å². The van der Waals surface area contributed by atoms with Crippen LogP contribution in [0.3, 0.4) is 0 Å². The third-order valence-electron chi connectivity index (χ3n) is 3.07. The molecule has 3 N–H and O–H groups in total. The van der Waals surface area contributed by atoms with E-state index in [0.717, 1.165) is 10.9 Å². The van der Waals surface area contributed by atoms with Crippen LogP contribution in [0.1, 0.15) is 5.56 Å². The number of aromatic nitrogens is 1. The molecular weight excluding hydrogens is 284 g/mol. The maximum Gasteiger partial charge on any atom is 0.131 e. The van der Waals surface area contributed by atoms with Crippen LogP contribution in [-0.4, -0.2) is 4.98 Å². The highest BCUT2D eigenvalue weighted by atomic mass is 35.5. The molecule has 0 saturated heterocycles. The summed E-state index contributed by atoms with van der Waals surface area (Å²) in [6.45, 7) is 0. The van der Waals surface area contributed by atoms with Gasteiger partial charge in [0, 0.05) is 11.1 Å². The lowest BCUT2D eigenvalue weighted by Gasteiger charge is -2.09. The van der Waals surface area contributed by atoms with Gasteiger partial charge >= 0.3 is 0 Å². The number of nitrogens with one attached hydrogen (secondary N) is 1. The molecule has 0 fully saturated rings. The van der Waals surface area contributed by atoms with Gasteiger partial charge < -0.3 is 11.1 Å². The van der Waals surface area contributed by atoms with Crippen LogP contribution in [0.15, 0.2) is 48.5 Å². The number of pyridine rings is 1. The van der Waals surface area contributed by atoms with Gasteiger partial charge in [-0.25, -0.2) is 4.98 Å². The number of nitrogens with zero attached hydrogens (tertiary/aromatic N) is 2. The highest BCUT2D eigenvalue weighted by Gasteiger charge is 2.04. The van der Waals surface area contributed by atoms with Crippen LogP contribution in [0.4, 0.5) is 17.2 Å². The smallest absolute Gasteiger partial charge is 0.131 e. The second kappa shape index (κ2) is 5.31. The normalized spacial score (nSPS) is 10.3. The van der Waals surface area contributed by atoms with E-state index in [4.69, 9.17) is 22.6 Å². The molecule has 0 bridgehead atoms. The minimum Gasteiger partial charge on any atom is -0.399 e. The van der Waals surface area contributed by atoms with Gasteiger partial charge in [-0.15, -0.1) is 0 Å². The molecule has 0 atom stereocenters. The Morgan fingerprint density at radius 1 is 1.10 bits per heavy atom. The first-order valence-electron chi connectivity index (χ1n) is 6.29. The van der Waals surface area contributed by atoms with E-state index < -0.39 is 0 Å². The topological polar surface area (TPSA) is 74.7 Å². The molecule has 0 unspecified atom stereocenters. The molecule has 102 valence electrons. The number of anilines is 3. The predicted molar refractivity (Wildman–Crippen MR) is 85.6 cm³/mol. The number of nitrogens with two attached hydrogens (primary N) is 1. The summed E-state index contributed by atoms with van der Waals surface area (Å²) < 4.78 is 0. The average molecular weight is 295 g/mol. The second-order valence-electron chi connectivity index (χ2n) is 4.58. The van der Waals surface area contributed by atoms with Gasteiger partial charge in [-0.2, -0.15) is 5.26 Å². The standard InChI is InChI=1S/C16H11ClN4/c17-13-4-1-10(9-18)7-15(13)21-16-6-2-11-8-12(19)3-5-14(11)20-16/h1-8H,19H2,(H,20,21). The third-order valence-corrected chi connectivity index (χ3v) is 3.40. The number of benzene rings is 2. The molecule has 21 heavy (non-hydrogen) atoms. The molecule has 0 aliphatic rings.